The maximum absolute atomic E-state index is 12.4. The highest BCUT2D eigenvalue weighted by Crippen LogP contribution is 2.16. The van der Waals surface area contributed by atoms with Crippen LogP contribution in [0.15, 0.2) is 24.3 Å². The molecule has 0 aromatic heterocycles. The fourth-order valence-corrected chi connectivity index (χ4v) is 7.55. The van der Waals surface area contributed by atoms with Crippen LogP contribution in [0.5, 0.6) is 0 Å². The number of rotatable bonds is 46. The summed E-state index contributed by atoms with van der Waals surface area (Å²) in [7, 11) is 0. The number of carbonyl (C=O) groups is 2. The molecule has 0 rings (SSSR count). The molecular formula is C51H97NO5. The highest BCUT2D eigenvalue weighted by atomic mass is 16.5. The number of aliphatic hydroxyl groups excluding tert-OH is 2. The molecule has 57 heavy (non-hydrogen) atoms. The number of carbonyl (C=O) groups excluding carboxylic acids is 2. The van der Waals surface area contributed by atoms with E-state index in [4.69, 9.17) is 4.74 Å². The van der Waals surface area contributed by atoms with Crippen molar-refractivity contribution in [2.24, 2.45) is 0 Å². The van der Waals surface area contributed by atoms with Gasteiger partial charge < -0.3 is 20.3 Å². The molecule has 0 spiro atoms. The normalized spacial score (nSPS) is 12.8. The van der Waals surface area contributed by atoms with Gasteiger partial charge in [-0.15, -0.1) is 0 Å². The van der Waals surface area contributed by atoms with Crippen LogP contribution in [0.25, 0.3) is 0 Å². The van der Waals surface area contributed by atoms with Gasteiger partial charge in [0.25, 0.3) is 0 Å². The van der Waals surface area contributed by atoms with Crippen LogP contribution >= 0.6 is 0 Å². The van der Waals surface area contributed by atoms with Crippen molar-refractivity contribution < 1.29 is 24.5 Å². The zero-order valence-electron chi connectivity index (χ0n) is 38.1. The summed E-state index contributed by atoms with van der Waals surface area (Å²) >= 11 is 0. The van der Waals surface area contributed by atoms with E-state index in [2.05, 4.69) is 43.5 Å². The zero-order chi connectivity index (χ0) is 41.5. The van der Waals surface area contributed by atoms with Crippen LogP contribution < -0.4 is 5.32 Å². The van der Waals surface area contributed by atoms with E-state index in [-0.39, 0.29) is 18.5 Å². The van der Waals surface area contributed by atoms with Crippen molar-refractivity contribution in [2.75, 3.05) is 13.2 Å². The van der Waals surface area contributed by atoms with Gasteiger partial charge in [-0.2, -0.15) is 0 Å². The molecule has 0 bridgehead atoms. The average Bonchev–Trinajstić information content (AvgIpc) is 3.21. The highest BCUT2D eigenvalue weighted by Gasteiger charge is 2.20. The molecule has 3 N–H and O–H groups in total. The van der Waals surface area contributed by atoms with E-state index < -0.39 is 12.1 Å². The van der Waals surface area contributed by atoms with Crippen molar-refractivity contribution >= 4 is 11.9 Å². The summed E-state index contributed by atoms with van der Waals surface area (Å²) in [6.45, 7) is 4.87. The fourth-order valence-electron chi connectivity index (χ4n) is 7.55. The molecule has 0 saturated carbocycles. The molecule has 0 radical (unpaired) electrons. The van der Waals surface area contributed by atoms with Gasteiger partial charge in [0.05, 0.1) is 25.4 Å². The minimum atomic E-state index is -0.681. The maximum atomic E-state index is 12.4. The van der Waals surface area contributed by atoms with Crippen molar-refractivity contribution in [1.29, 1.82) is 0 Å². The molecule has 0 aromatic carbocycles. The topological polar surface area (TPSA) is 95.9 Å². The van der Waals surface area contributed by atoms with Gasteiger partial charge in [0.1, 0.15) is 0 Å². The standard InChI is InChI=1S/C51H97NO5/c1-3-5-7-9-11-13-15-16-17-18-20-24-27-31-35-39-43-49(54)48(47-53)52-50(55)44-40-36-32-28-25-21-19-22-26-30-34-38-42-46-57-51(56)45-41-37-33-29-23-14-12-10-8-6-4-2/h10,12,21,25,48-49,53-54H,3-9,11,13-20,22-24,26-47H2,1-2H3,(H,52,55)/b12-10-,25-21-. The molecule has 2 atom stereocenters. The molecular weight excluding hydrogens is 707 g/mol. The number of ether oxygens (including phenoxy) is 1. The molecule has 336 valence electrons. The second kappa shape index (κ2) is 47.0. The Balaban J connectivity index is 3.52. The van der Waals surface area contributed by atoms with Crippen LogP contribution in [-0.4, -0.2) is 47.4 Å². The van der Waals surface area contributed by atoms with Crippen molar-refractivity contribution in [3.63, 3.8) is 0 Å². The molecule has 0 heterocycles. The van der Waals surface area contributed by atoms with Gasteiger partial charge in [0, 0.05) is 12.8 Å². The fraction of sp³-hybridized carbons (Fsp3) is 0.882. The van der Waals surface area contributed by atoms with Gasteiger partial charge in [-0.05, 0) is 70.6 Å². The molecule has 0 aliphatic carbocycles. The predicted octanol–water partition coefficient (Wildman–Crippen LogP) is 14.7. The van der Waals surface area contributed by atoms with Crippen molar-refractivity contribution in [3.8, 4) is 0 Å². The molecule has 2 unspecified atom stereocenters. The lowest BCUT2D eigenvalue weighted by molar-refractivity contribution is -0.143. The van der Waals surface area contributed by atoms with Gasteiger partial charge in [0.15, 0.2) is 0 Å². The summed E-state index contributed by atoms with van der Waals surface area (Å²) in [5.74, 6) is -0.0888. The van der Waals surface area contributed by atoms with E-state index in [1.165, 1.54) is 161 Å². The number of allylic oxidation sites excluding steroid dienone is 4. The average molecular weight is 804 g/mol. The molecule has 0 aliphatic rings. The predicted molar refractivity (Wildman–Crippen MR) is 246 cm³/mol. The Kier molecular flexibility index (Phi) is 45.7. The first-order chi connectivity index (χ1) is 28.0. The van der Waals surface area contributed by atoms with E-state index in [0.717, 1.165) is 70.6 Å². The Morgan fingerprint density at radius 1 is 0.474 bits per heavy atom. The van der Waals surface area contributed by atoms with Crippen molar-refractivity contribution in [1.82, 2.24) is 5.32 Å². The monoisotopic (exact) mass is 804 g/mol. The van der Waals surface area contributed by atoms with Gasteiger partial charge in [-0.25, -0.2) is 0 Å². The number of hydrogen-bond acceptors (Lipinski definition) is 5. The third-order valence-electron chi connectivity index (χ3n) is 11.5. The van der Waals surface area contributed by atoms with E-state index in [1.54, 1.807) is 0 Å². The molecule has 6 heteroatoms. The Labute approximate surface area is 354 Å². The summed E-state index contributed by atoms with van der Waals surface area (Å²) < 4.78 is 5.43. The third kappa shape index (κ3) is 43.7. The van der Waals surface area contributed by atoms with Gasteiger partial charge in [-0.1, -0.05) is 205 Å². The quantitative estimate of drug-likeness (QED) is 0.0324. The van der Waals surface area contributed by atoms with Crippen LogP contribution in [0.4, 0.5) is 0 Å². The number of aliphatic hydroxyl groups is 2. The third-order valence-corrected chi connectivity index (χ3v) is 11.5. The number of unbranched alkanes of at least 4 members (excludes halogenated alkanes) is 31. The second-order valence-electron chi connectivity index (χ2n) is 17.1. The summed E-state index contributed by atoms with van der Waals surface area (Å²) in [6, 6.07) is -0.561. The Bertz CT molecular complexity index is 889. The van der Waals surface area contributed by atoms with Gasteiger partial charge in [-0.3, -0.25) is 9.59 Å². The van der Waals surface area contributed by atoms with Crippen LogP contribution in [0.3, 0.4) is 0 Å². The lowest BCUT2D eigenvalue weighted by atomic mass is 10.0. The maximum Gasteiger partial charge on any atom is 0.305 e. The summed E-state index contributed by atoms with van der Waals surface area (Å²) in [6.07, 6.45) is 54.3. The number of esters is 1. The molecule has 0 saturated heterocycles. The number of amides is 1. The Hall–Kier alpha value is -1.66. The van der Waals surface area contributed by atoms with E-state index in [0.29, 0.717) is 25.9 Å². The molecule has 0 aliphatic heterocycles. The van der Waals surface area contributed by atoms with Crippen LogP contribution in [0, 0.1) is 0 Å². The Morgan fingerprint density at radius 2 is 0.842 bits per heavy atom. The minimum Gasteiger partial charge on any atom is -0.466 e. The van der Waals surface area contributed by atoms with Crippen LogP contribution in [0.2, 0.25) is 0 Å². The van der Waals surface area contributed by atoms with Gasteiger partial charge >= 0.3 is 5.97 Å². The molecule has 6 nitrogen and oxygen atoms in total. The van der Waals surface area contributed by atoms with Crippen LogP contribution in [-0.2, 0) is 14.3 Å². The summed E-state index contributed by atoms with van der Waals surface area (Å²) in [5, 5.41) is 23.2. The minimum absolute atomic E-state index is 0.0238. The molecule has 1 amide bonds. The lowest BCUT2D eigenvalue weighted by Crippen LogP contribution is -2.45. The van der Waals surface area contributed by atoms with E-state index in [9.17, 15) is 19.8 Å². The first kappa shape index (κ1) is 55.3. The van der Waals surface area contributed by atoms with Crippen LogP contribution in [0.1, 0.15) is 264 Å². The summed E-state index contributed by atoms with van der Waals surface area (Å²) in [5.41, 5.74) is 0. The molecule has 0 aromatic rings. The lowest BCUT2D eigenvalue weighted by Gasteiger charge is -2.22. The summed E-state index contributed by atoms with van der Waals surface area (Å²) in [4.78, 5) is 24.4. The zero-order valence-corrected chi connectivity index (χ0v) is 38.1. The Morgan fingerprint density at radius 3 is 1.32 bits per heavy atom. The molecule has 0 fully saturated rings. The van der Waals surface area contributed by atoms with Crippen molar-refractivity contribution in [3.05, 3.63) is 24.3 Å². The smallest absolute Gasteiger partial charge is 0.305 e. The van der Waals surface area contributed by atoms with Gasteiger partial charge in [0.2, 0.25) is 5.91 Å². The van der Waals surface area contributed by atoms with Crippen molar-refractivity contribution in [2.45, 2.75) is 276 Å². The van der Waals surface area contributed by atoms with E-state index >= 15 is 0 Å². The highest BCUT2D eigenvalue weighted by molar-refractivity contribution is 5.76. The SMILES string of the molecule is CCCC/C=C\CCCCCCCC(=O)OCCCCCCCC/C=C\CCCCCC(=O)NC(CO)C(O)CCCCCCCCCCCCCCCCCC. The van der Waals surface area contributed by atoms with E-state index in [1.807, 2.05) is 0 Å². The first-order valence-electron chi connectivity index (χ1n) is 25.1. The number of hydrogen-bond donors (Lipinski definition) is 3. The second-order valence-corrected chi connectivity index (χ2v) is 17.1. The largest absolute Gasteiger partial charge is 0.466 e. The number of nitrogens with one attached hydrogen (secondary N) is 1. The first-order valence-corrected chi connectivity index (χ1v) is 25.1.